The maximum atomic E-state index is 12.1. The molecule has 0 aliphatic rings. The molecular weight excluding hydrogens is 398 g/mol. The van der Waals surface area contributed by atoms with E-state index in [-0.39, 0.29) is 11.7 Å². The maximum absolute atomic E-state index is 12.1. The number of hydrogen-bond acceptors (Lipinski definition) is 6. The fourth-order valence-corrected chi connectivity index (χ4v) is 3.97. The Morgan fingerprint density at radius 2 is 1.80 bits per heavy atom. The molecule has 7 heteroatoms. The first-order valence-corrected chi connectivity index (χ1v) is 10.0. The van der Waals surface area contributed by atoms with Crippen LogP contribution in [0.5, 0.6) is 11.6 Å². The van der Waals surface area contributed by atoms with Gasteiger partial charge in [0, 0.05) is 10.6 Å². The Bertz CT molecular complexity index is 1300. The lowest BCUT2D eigenvalue weighted by atomic mass is 10.2. The number of amides is 1. The van der Waals surface area contributed by atoms with Crippen molar-refractivity contribution in [1.29, 1.82) is 0 Å². The van der Waals surface area contributed by atoms with Gasteiger partial charge in [-0.2, -0.15) is 0 Å². The van der Waals surface area contributed by atoms with Crippen molar-refractivity contribution in [2.45, 2.75) is 0 Å². The molecular formula is C23H15N3O3S. The number of anilines is 1. The maximum Gasteiger partial charge on any atom is 0.291 e. The van der Waals surface area contributed by atoms with E-state index in [0.717, 1.165) is 20.7 Å². The molecule has 0 atom stereocenters. The highest BCUT2D eigenvalue weighted by molar-refractivity contribution is 7.21. The molecule has 5 aromatic rings. The summed E-state index contributed by atoms with van der Waals surface area (Å²) < 4.78 is 11.1. The predicted molar refractivity (Wildman–Crippen MR) is 116 cm³/mol. The van der Waals surface area contributed by atoms with Gasteiger partial charge in [0.1, 0.15) is 16.9 Å². The van der Waals surface area contributed by atoms with E-state index >= 15 is 0 Å². The monoisotopic (exact) mass is 413 g/mol. The van der Waals surface area contributed by atoms with Crippen molar-refractivity contribution in [3.8, 4) is 22.1 Å². The standard InChI is InChI=1S/C23H15N3O3S/c27-21(19-7-4-12-28-19)26-16-8-10-17(11-9-16)29-22-18-13-20(15-5-2-1-3-6-15)30-23(18)25-14-24-22/h1-14H,(H,26,27). The highest BCUT2D eigenvalue weighted by Gasteiger charge is 2.12. The minimum atomic E-state index is -0.308. The number of aromatic nitrogens is 2. The molecule has 0 saturated carbocycles. The van der Waals surface area contributed by atoms with Gasteiger partial charge in [0.25, 0.3) is 5.91 Å². The number of rotatable bonds is 5. The molecule has 6 nitrogen and oxygen atoms in total. The van der Waals surface area contributed by atoms with Crippen LogP contribution in [0.15, 0.2) is 89.8 Å². The van der Waals surface area contributed by atoms with Crippen molar-refractivity contribution in [1.82, 2.24) is 9.97 Å². The summed E-state index contributed by atoms with van der Waals surface area (Å²) in [6.07, 6.45) is 2.96. The van der Waals surface area contributed by atoms with Gasteiger partial charge in [0.05, 0.1) is 11.6 Å². The first-order valence-electron chi connectivity index (χ1n) is 9.19. The van der Waals surface area contributed by atoms with Crippen LogP contribution in [0.4, 0.5) is 5.69 Å². The summed E-state index contributed by atoms with van der Waals surface area (Å²) in [5.41, 5.74) is 1.77. The lowest BCUT2D eigenvalue weighted by Gasteiger charge is -2.07. The molecule has 0 aliphatic carbocycles. The molecule has 0 fully saturated rings. The molecule has 1 N–H and O–H groups in total. The molecule has 0 unspecified atom stereocenters. The van der Waals surface area contributed by atoms with E-state index in [1.54, 1.807) is 47.7 Å². The van der Waals surface area contributed by atoms with Crippen LogP contribution in [0, 0.1) is 0 Å². The number of thiophene rings is 1. The average Bonchev–Trinajstić information content (AvgIpc) is 3.46. The van der Waals surface area contributed by atoms with Gasteiger partial charge < -0.3 is 14.5 Å². The fourth-order valence-electron chi connectivity index (χ4n) is 2.98. The van der Waals surface area contributed by atoms with Crippen LogP contribution >= 0.6 is 11.3 Å². The molecule has 146 valence electrons. The largest absolute Gasteiger partial charge is 0.459 e. The number of carbonyl (C=O) groups is 1. The summed E-state index contributed by atoms with van der Waals surface area (Å²) in [5.74, 6) is 1.05. The minimum absolute atomic E-state index is 0.255. The first kappa shape index (κ1) is 18.1. The third-order valence-electron chi connectivity index (χ3n) is 4.42. The smallest absolute Gasteiger partial charge is 0.291 e. The highest BCUT2D eigenvalue weighted by Crippen LogP contribution is 2.37. The molecule has 5 rings (SSSR count). The summed E-state index contributed by atoms with van der Waals surface area (Å²) in [7, 11) is 0. The lowest BCUT2D eigenvalue weighted by molar-refractivity contribution is 0.0996. The van der Waals surface area contributed by atoms with E-state index < -0.39 is 0 Å². The third kappa shape index (κ3) is 3.66. The van der Waals surface area contributed by atoms with Crippen molar-refractivity contribution in [2.75, 3.05) is 5.32 Å². The zero-order valence-electron chi connectivity index (χ0n) is 15.6. The van der Waals surface area contributed by atoms with Crippen LogP contribution in [0.25, 0.3) is 20.7 Å². The van der Waals surface area contributed by atoms with E-state index in [2.05, 4.69) is 27.4 Å². The number of carbonyl (C=O) groups excluding carboxylic acids is 1. The van der Waals surface area contributed by atoms with E-state index in [1.807, 2.05) is 24.3 Å². The number of ether oxygens (including phenoxy) is 1. The van der Waals surface area contributed by atoms with Crippen LogP contribution in [0.2, 0.25) is 0 Å². The molecule has 0 radical (unpaired) electrons. The van der Waals surface area contributed by atoms with Gasteiger partial charge in [0.2, 0.25) is 5.88 Å². The molecule has 1 amide bonds. The van der Waals surface area contributed by atoms with Crippen LogP contribution < -0.4 is 10.1 Å². The quantitative estimate of drug-likeness (QED) is 0.383. The van der Waals surface area contributed by atoms with E-state index in [0.29, 0.717) is 17.3 Å². The van der Waals surface area contributed by atoms with Gasteiger partial charge in [0.15, 0.2) is 5.76 Å². The van der Waals surface area contributed by atoms with Crippen LogP contribution in [0.3, 0.4) is 0 Å². The van der Waals surface area contributed by atoms with Gasteiger partial charge >= 0.3 is 0 Å². The molecule has 0 bridgehead atoms. The first-order chi connectivity index (χ1) is 14.8. The van der Waals surface area contributed by atoms with E-state index in [4.69, 9.17) is 9.15 Å². The Hall–Kier alpha value is -3.97. The topological polar surface area (TPSA) is 77.2 Å². The normalized spacial score (nSPS) is 10.8. The van der Waals surface area contributed by atoms with Crippen LogP contribution in [-0.4, -0.2) is 15.9 Å². The lowest BCUT2D eigenvalue weighted by Crippen LogP contribution is -2.10. The Morgan fingerprint density at radius 3 is 2.57 bits per heavy atom. The van der Waals surface area contributed by atoms with Crippen LogP contribution in [0.1, 0.15) is 10.6 Å². The number of benzene rings is 2. The third-order valence-corrected chi connectivity index (χ3v) is 5.51. The van der Waals surface area contributed by atoms with E-state index in [9.17, 15) is 4.79 Å². The van der Waals surface area contributed by atoms with Crippen molar-refractivity contribution in [3.63, 3.8) is 0 Å². The van der Waals surface area contributed by atoms with Crippen molar-refractivity contribution >= 4 is 33.1 Å². The zero-order chi connectivity index (χ0) is 20.3. The molecule has 3 aromatic heterocycles. The summed E-state index contributed by atoms with van der Waals surface area (Å²) in [6.45, 7) is 0. The van der Waals surface area contributed by atoms with Crippen molar-refractivity contribution in [3.05, 3.63) is 91.1 Å². The Morgan fingerprint density at radius 1 is 0.967 bits per heavy atom. The van der Waals surface area contributed by atoms with Gasteiger partial charge in [-0.3, -0.25) is 4.79 Å². The highest BCUT2D eigenvalue weighted by atomic mass is 32.1. The number of hydrogen-bond donors (Lipinski definition) is 1. The molecule has 0 spiro atoms. The molecule has 0 saturated heterocycles. The van der Waals surface area contributed by atoms with Gasteiger partial charge in [-0.25, -0.2) is 9.97 Å². The van der Waals surface area contributed by atoms with Crippen molar-refractivity contribution < 1.29 is 13.9 Å². The number of nitrogens with one attached hydrogen (secondary N) is 1. The Balaban J connectivity index is 1.36. The summed E-state index contributed by atoms with van der Waals surface area (Å²) >= 11 is 1.60. The van der Waals surface area contributed by atoms with Gasteiger partial charge in [-0.15, -0.1) is 11.3 Å². The average molecular weight is 413 g/mol. The minimum Gasteiger partial charge on any atom is -0.459 e. The molecule has 3 heterocycles. The second-order valence-electron chi connectivity index (χ2n) is 6.43. The fraction of sp³-hybridized carbons (Fsp3) is 0. The second-order valence-corrected chi connectivity index (χ2v) is 7.46. The Labute approximate surface area is 175 Å². The van der Waals surface area contributed by atoms with Gasteiger partial charge in [-0.1, -0.05) is 30.3 Å². The summed E-state index contributed by atoms with van der Waals surface area (Å²) in [5, 5.41) is 3.63. The van der Waals surface area contributed by atoms with Crippen LogP contribution in [-0.2, 0) is 0 Å². The van der Waals surface area contributed by atoms with Gasteiger partial charge in [-0.05, 0) is 48.0 Å². The summed E-state index contributed by atoms with van der Waals surface area (Å²) in [6, 6.07) is 22.5. The molecule has 30 heavy (non-hydrogen) atoms. The number of fused-ring (bicyclic) bond motifs is 1. The number of nitrogens with zero attached hydrogens (tertiary/aromatic N) is 2. The predicted octanol–water partition coefficient (Wildman–Crippen LogP) is 6.00. The molecule has 0 aliphatic heterocycles. The Kier molecular flexibility index (Phi) is 4.71. The SMILES string of the molecule is O=C(Nc1ccc(Oc2ncnc3sc(-c4ccccc4)cc23)cc1)c1ccco1. The van der Waals surface area contributed by atoms with E-state index in [1.165, 1.54) is 12.6 Å². The number of furan rings is 1. The van der Waals surface area contributed by atoms with Crippen molar-refractivity contribution in [2.24, 2.45) is 0 Å². The zero-order valence-corrected chi connectivity index (χ0v) is 16.4. The summed E-state index contributed by atoms with van der Waals surface area (Å²) in [4.78, 5) is 22.7. The second kappa shape index (κ2) is 7.81. The molecule has 2 aromatic carbocycles.